The van der Waals surface area contributed by atoms with Crippen molar-refractivity contribution in [2.75, 3.05) is 13.1 Å². The molecule has 9 heteroatoms. The number of rotatable bonds is 4. The van der Waals surface area contributed by atoms with Gasteiger partial charge in [0, 0.05) is 25.0 Å². The van der Waals surface area contributed by atoms with E-state index in [0.717, 1.165) is 36.2 Å². The lowest BCUT2D eigenvalue weighted by molar-refractivity contribution is -0.137. The van der Waals surface area contributed by atoms with Crippen molar-refractivity contribution in [1.29, 1.82) is 0 Å². The van der Waals surface area contributed by atoms with E-state index < -0.39 is 11.7 Å². The van der Waals surface area contributed by atoms with Gasteiger partial charge in [0.2, 0.25) is 0 Å². The third-order valence-corrected chi connectivity index (χ3v) is 5.96. The summed E-state index contributed by atoms with van der Waals surface area (Å²) < 4.78 is 38.1. The molecular formula is C24H20Cl3F3N2O. The number of alkyl halides is 3. The maximum absolute atomic E-state index is 12.7. The van der Waals surface area contributed by atoms with Gasteiger partial charge < -0.3 is 5.11 Å². The van der Waals surface area contributed by atoms with Crippen molar-refractivity contribution in [3.8, 4) is 5.75 Å². The highest BCUT2D eigenvalue weighted by atomic mass is 35.5. The summed E-state index contributed by atoms with van der Waals surface area (Å²) in [5.74, 6) is -0.0999. The molecule has 2 aromatic carbocycles. The molecule has 3 aromatic rings. The van der Waals surface area contributed by atoms with E-state index in [1.165, 1.54) is 18.2 Å². The van der Waals surface area contributed by atoms with Crippen LogP contribution in [0.2, 0.25) is 10.0 Å². The lowest BCUT2D eigenvalue weighted by Gasteiger charge is -2.25. The van der Waals surface area contributed by atoms with Crippen LogP contribution in [0.5, 0.6) is 5.75 Å². The summed E-state index contributed by atoms with van der Waals surface area (Å²) in [7, 11) is 0. The molecule has 1 N–H and O–H groups in total. The number of phenols is 1. The number of fused-ring (bicyclic) bond motifs is 1. The average Bonchev–Trinajstić information content (AvgIpc) is 2.77. The number of nitrogens with zero attached hydrogens (tertiary/aromatic N) is 2. The Kier molecular flexibility index (Phi) is 7.96. The van der Waals surface area contributed by atoms with E-state index in [1.807, 2.05) is 18.2 Å². The highest BCUT2D eigenvalue weighted by molar-refractivity contribution is 6.39. The minimum absolute atomic E-state index is 0. The van der Waals surface area contributed by atoms with Gasteiger partial charge in [-0.1, -0.05) is 47.5 Å². The van der Waals surface area contributed by atoms with Gasteiger partial charge in [-0.2, -0.15) is 13.2 Å². The van der Waals surface area contributed by atoms with Gasteiger partial charge >= 0.3 is 6.18 Å². The van der Waals surface area contributed by atoms with Gasteiger partial charge in [-0.3, -0.25) is 4.90 Å². The number of aromatic nitrogens is 1. The summed E-state index contributed by atoms with van der Waals surface area (Å²) in [4.78, 5) is 6.63. The number of phenolic OH excluding ortho intramolecular Hbond substituents is 1. The van der Waals surface area contributed by atoms with Crippen molar-refractivity contribution in [2.45, 2.75) is 19.1 Å². The van der Waals surface area contributed by atoms with Gasteiger partial charge in [0.05, 0.1) is 21.3 Å². The van der Waals surface area contributed by atoms with Crippen LogP contribution in [-0.4, -0.2) is 28.1 Å². The Labute approximate surface area is 205 Å². The van der Waals surface area contributed by atoms with Gasteiger partial charge in [-0.25, -0.2) is 4.98 Å². The minimum Gasteiger partial charge on any atom is -0.504 e. The fourth-order valence-electron chi connectivity index (χ4n) is 3.58. The van der Waals surface area contributed by atoms with Crippen LogP contribution in [0.3, 0.4) is 0 Å². The Bertz CT molecular complexity index is 1210. The minimum atomic E-state index is -4.31. The van der Waals surface area contributed by atoms with E-state index >= 15 is 0 Å². The fraction of sp³-hybridized carbons (Fsp3) is 0.208. The molecule has 0 atom stereocenters. The van der Waals surface area contributed by atoms with E-state index in [4.69, 9.17) is 23.2 Å². The first-order valence-corrected chi connectivity index (χ1v) is 10.7. The normalized spacial score (nSPS) is 15.0. The average molecular weight is 516 g/mol. The molecule has 0 amide bonds. The summed E-state index contributed by atoms with van der Waals surface area (Å²) in [6.07, 6.45) is 2.44. The Morgan fingerprint density at radius 3 is 2.39 bits per heavy atom. The zero-order valence-electron chi connectivity index (χ0n) is 17.2. The van der Waals surface area contributed by atoms with Gasteiger partial charge in [0.25, 0.3) is 0 Å². The molecule has 0 radical (unpaired) electrons. The number of allylic oxidation sites excluding steroid dienone is 1. The molecule has 0 unspecified atom stereocenters. The van der Waals surface area contributed by atoms with Crippen molar-refractivity contribution >= 4 is 52.6 Å². The van der Waals surface area contributed by atoms with Gasteiger partial charge in [-0.15, -0.1) is 12.4 Å². The molecule has 1 aliphatic rings. The summed E-state index contributed by atoms with van der Waals surface area (Å²) in [5, 5.41) is 11.4. The summed E-state index contributed by atoms with van der Waals surface area (Å²) in [6.45, 7) is 2.10. The van der Waals surface area contributed by atoms with E-state index in [2.05, 4.69) is 16.0 Å². The SMILES string of the molecule is Cl.Oc1c(Cl)cc(Cl)c2ccc(/C=C/C3=CCN(Cc4ccc(C(F)(F)F)cc4)CC3)nc12. The lowest BCUT2D eigenvalue weighted by Crippen LogP contribution is -2.28. The first kappa shape index (κ1) is 25.4. The maximum atomic E-state index is 12.7. The van der Waals surface area contributed by atoms with Crippen molar-refractivity contribution in [2.24, 2.45) is 0 Å². The molecule has 2 heterocycles. The van der Waals surface area contributed by atoms with E-state index in [-0.39, 0.29) is 23.2 Å². The lowest BCUT2D eigenvalue weighted by atomic mass is 10.1. The molecule has 4 rings (SSSR count). The first-order valence-electron chi connectivity index (χ1n) is 9.94. The highest BCUT2D eigenvalue weighted by Gasteiger charge is 2.30. The predicted octanol–water partition coefficient (Wildman–Crippen LogP) is 7.53. The highest BCUT2D eigenvalue weighted by Crippen LogP contribution is 2.36. The molecule has 0 saturated heterocycles. The zero-order valence-corrected chi connectivity index (χ0v) is 19.6. The molecule has 1 aliphatic heterocycles. The van der Waals surface area contributed by atoms with Crippen molar-refractivity contribution in [3.63, 3.8) is 0 Å². The molecule has 0 saturated carbocycles. The Morgan fingerprint density at radius 1 is 1.03 bits per heavy atom. The predicted molar refractivity (Wildman–Crippen MR) is 129 cm³/mol. The van der Waals surface area contributed by atoms with E-state index in [1.54, 1.807) is 6.07 Å². The van der Waals surface area contributed by atoms with Crippen LogP contribution in [0.15, 0.2) is 60.2 Å². The van der Waals surface area contributed by atoms with Crippen molar-refractivity contribution in [3.05, 3.63) is 87.1 Å². The quantitative estimate of drug-likeness (QED) is 0.390. The summed E-state index contributed by atoms with van der Waals surface area (Å²) in [6, 6.07) is 10.4. The molecule has 0 spiro atoms. The molecule has 0 fully saturated rings. The van der Waals surface area contributed by atoms with Gasteiger partial charge in [0.15, 0.2) is 5.75 Å². The van der Waals surface area contributed by atoms with Gasteiger partial charge in [0.1, 0.15) is 5.52 Å². The van der Waals surface area contributed by atoms with Gasteiger partial charge in [-0.05, 0) is 54.0 Å². The van der Waals surface area contributed by atoms with Crippen molar-refractivity contribution < 1.29 is 18.3 Å². The monoisotopic (exact) mass is 514 g/mol. The number of hydrogen-bond donors (Lipinski definition) is 1. The Hall–Kier alpha value is -2.25. The Balaban J connectivity index is 0.00000306. The second kappa shape index (κ2) is 10.3. The van der Waals surface area contributed by atoms with Crippen LogP contribution in [0, 0.1) is 0 Å². The van der Waals surface area contributed by atoms with Crippen LogP contribution in [-0.2, 0) is 12.7 Å². The summed E-state index contributed by atoms with van der Waals surface area (Å²) >= 11 is 12.2. The fourth-order valence-corrected chi connectivity index (χ4v) is 4.10. The van der Waals surface area contributed by atoms with Crippen LogP contribution < -0.4 is 0 Å². The molecule has 33 heavy (non-hydrogen) atoms. The second-order valence-corrected chi connectivity index (χ2v) is 8.43. The van der Waals surface area contributed by atoms with Crippen LogP contribution in [0.25, 0.3) is 17.0 Å². The molecule has 0 aliphatic carbocycles. The first-order chi connectivity index (χ1) is 15.2. The zero-order chi connectivity index (χ0) is 22.9. The third-order valence-electron chi connectivity index (χ3n) is 5.36. The van der Waals surface area contributed by atoms with Crippen LogP contribution >= 0.6 is 35.6 Å². The standard InChI is InChI=1S/C24H19Cl2F3N2O.ClH/c25-20-13-21(26)23(32)22-19(20)8-7-18(30-22)6-3-15-9-11-31(12-10-15)14-16-1-4-17(5-2-16)24(27,28)29;/h1-9,13,32H,10-12,14H2;1H/b6-3+;. The molecule has 174 valence electrons. The largest absolute Gasteiger partial charge is 0.504 e. The van der Waals surface area contributed by atoms with Crippen LogP contribution in [0.4, 0.5) is 13.2 Å². The van der Waals surface area contributed by atoms with E-state index in [0.29, 0.717) is 34.7 Å². The third kappa shape index (κ3) is 6.01. The number of hydrogen-bond acceptors (Lipinski definition) is 3. The maximum Gasteiger partial charge on any atom is 0.416 e. The van der Waals surface area contributed by atoms with Crippen molar-refractivity contribution in [1.82, 2.24) is 9.88 Å². The smallest absolute Gasteiger partial charge is 0.416 e. The summed E-state index contributed by atoms with van der Waals surface area (Å²) in [5.41, 5.74) is 2.38. The number of aromatic hydroxyl groups is 1. The topological polar surface area (TPSA) is 36.4 Å². The van der Waals surface area contributed by atoms with Crippen LogP contribution in [0.1, 0.15) is 23.2 Å². The number of halogens is 6. The van der Waals surface area contributed by atoms with E-state index in [9.17, 15) is 18.3 Å². The molecule has 3 nitrogen and oxygen atoms in total. The molecule has 0 bridgehead atoms. The second-order valence-electron chi connectivity index (χ2n) is 7.61. The number of pyridine rings is 1. The number of benzene rings is 2. The molecular weight excluding hydrogens is 496 g/mol. The Morgan fingerprint density at radius 2 is 1.76 bits per heavy atom. The molecule has 1 aromatic heterocycles.